The summed E-state index contributed by atoms with van der Waals surface area (Å²) in [6.45, 7) is 4.28. The van der Waals surface area contributed by atoms with Crippen molar-refractivity contribution in [1.82, 2.24) is 9.99 Å². The molecule has 0 aliphatic rings. The van der Waals surface area contributed by atoms with Crippen LogP contribution in [-0.4, -0.2) is 28.9 Å². The first kappa shape index (κ1) is 24.0. The molecule has 0 radical (unpaired) electrons. The van der Waals surface area contributed by atoms with Crippen LogP contribution in [0.3, 0.4) is 0 Å². The highest BCUT2D eigenvalue weighted by Gasteiger charge is 2.12. The fraction of sp³-hybridized carbons (Fsp3) is 0.154. The Hall–Kier alpha value is -4.17. The number of phenolic OH excluding ortho intramolecular Hbond substituents is 1. The zero-order valence-corrected chi connectivity index (χ0v) is 20.2. The number of aromatic nitrogens is 1. The molecule has 0 atom stereocenters. The molecule has 2 heterocycles. The third-order valence-electron chi connectivity index (χ3n) is 5.29. The molecule has 35 heavy (non-hydrogen) atoms. The van der Waals surface area contributed by atoms with Gasteiger partial charge in [-0.25, -0.2) is 5.43 Å². The SMILES string of the molecule is COc1cc(Cl)cc(/C=N/NC(=O)c2ccc(COc3ccc(-n4c(C)ccc4C)cc3)o2)c1O. The Morgan fingerprint density at radius 2 is 1.83 bits per heavy atom. The number of carbonyl (C=O) groups is 1. The Kier molecular flexibility index (Phi) is 7.12. The van der Waals surface area contributed by atoms with Gasteiger partial charge in [-0.15, -0.1) is 0 Å². The Bertz CT molecular complexity index is 1350. The lowest BCUT2D eigenvalue weighted by atomic mass is 10.2. The smallest absolute Gasteiger partial charge is 0.307 e. The second-order valence-corrected chi connectivity index (χ2v) is 8.18. The highest BCUT2D eigenvalue weighted by atomic mass is 35.5. The quantitative estimate of drug-likeness (QED) is 0.253. The van der Waals surface area contributed by atoms with Crippen molar-refractivity contribution in [1.29, 1.82) is 0 Å². The minimum Gasteiger partial charge on any atom is -0.504 e. The topological polar surface area (TPSA) is 98.2 Å². The lowest BCUT2D eigenvalue weighted by molar-refractivity contribution is 0.0923. The third-order valence-corrected chi connectivity index (χ3v) is 5.51. The van der Waals surface area contributed by atoms with Gasteiger partial charge in [0.2, 0.25) is 0 Å². The second kappa shape index (κ2) is 10.4. The lowest BCUT2D eigenvalue weighted by Gasteiger charge is -2.10. The first-order valence-corrected chi connectivity index (χ1v) is 11.1. The number of phenols is 1. The predicted molar refractivity (Wildman–Crippen MR) is 133 cm³/mol. The Morgan fingerprint density at radius 1 is 1.11 bits per heavy atom. The van der Waals surface area contributed by atoms with Gasteiger partial charge in [0.1, 0.15) is 18.1 Å². The van der Waals surface area contributed by atoms with E-state index in [1.54, 1.807) is 6.07 Å². The second-order valence-electron chi connectivity index (χ2n) is 7.75. The number of hydrogen-bond donors (Lipinski definition) is 2. The number of aromatic hydroxyl groups is 1. The van der Waals surface area contributed by atoms with Crippen molar-refractivity contribution >= 4 is 23.7 Å². The third kappa shape index (κ3) is 5.50. The lowest BCUT2D eigenvalue weighted by Crippen LogP contribution is -2.16. The number of furan rings is 1. The maximum atomic E-state index is 12.3. The summed E-state index contributed by atoms with van der Waals surface area (Å²) in [6.07, 6.45) is 1.26. The Balaban J connectivity index is 1.33. The van der Waals surface area contributed by atoms with Gasteiger partial charge in [0.15, 0.2) is 17.3 Å². The van der Waals surface area contributed by atoms with Gasteiger partial charge < -0.3 is 23.6 Å². The molecule has 2 aromatic heterocycles. The fourth-order valence-electron chi connectivity index (χ4n) is 3.56. The van der Waals surface area contributed by atoms with Gasteiger partial charge in [-0.3, -0.25) is 4.79 Å². The van der Waals surface area contributed by atoms with E-state index in [4.69, 9.17) is 25.5 Å². The summed E-state index contributed by atoms with van der Waals surface area (Å²) < 4.78 is 18.5. The van der Waals surface area contributed by atoms with Gasteiger partial charge in [0.05, 0.1) is 13.3 Å². The van der Waals surface area contributed by atoms with E-state index in [2.05, 4.69) is 41.1 Å². The number of nitrogens with one attached hydrogen (secondary N) is 1. The van der Waals surface area contributed by atoms with E-state index in [1.165, 1.54) is 31.5 Å². The molecular formula is C26H24ClN3O5. The van der Waals surface area contributed by atoms with Crippen LogP contribution in [0.5, 0.6) is 17.2 Å². The molecule has 2 aromatic carbocycles. The van der Waals surface area contributed by atoms with Crippen LogP contribution in [0.2, 0.25) is 5.02 Å². The number of carbonyl (C=O) groups excluding carboxylic acids is 1. The van der Waals surface area contributed by atoms with Gasteiger partial charge in [-0.2, -0.15) is 5.10 Å². The number of nitrogens with zero attached hydrogens (tertiary/aromatic N) is 2. The number of hydrogen-bond acceptors (Lipinski definition) is 6. The van der Waals surface area contributed by atoms with Gasteiger partial charge in [-0.1, -0.05) is 11.6 Å². The molecule has 0 unspecified atom stereocenters. The van der Waals surface area contributed by atoms with E-state index in [0.29, 0.717) is 16.5 Å². The molecule has 0 aliphatic heterocycles. The molecule has 0 bridgehead atoms. The molecule has 0 saturated carbocycles. The molecule has 2 N–H and O–H groups in total. The van der Waals surface area contributed by atoms with Gasteiger partial charge >= 0.3 is 5.91 Å². The van der Waals surface area contributed by atoms with E-state index in [-0.39, 0.29) is 29.4 Å². The number of aryl methyl sites for hydroxylation is 2. The van der Waals surface area contributed by atoms with Gasteiger partial charge in [0.25, 0.3) is 0 Å². The number of rotatable bonds is 8. The molecule has 0 aliphatic carbocycles. The normalized spacial score (nSPS) is 11.1. The van der Waals surface area contributed by atoms with Crippen molar-refractivity contribution < 1.29 is 23.8 Å². The van der Waals surface area contributed by atoms with Crippen LogP contribution in [0.15, 0.2) is 70.2 Å². The molecule has 0 fully saturated rings. The van der Waals surface area contributed by atoms with E-state index in [0.717, 1.165) is 17.1 Å². The van der Waals surface area contributed by atoms with Crippen molar-refractivity contribution in [3.05, 3.63) is 94.2 Å². The molecule has 1 amide bonds. The highest BCUT2D eigenvalue weighted by molar-refractivity contribution is 6.31. The van der Waals surface area contributed by atoms with E-state index in [9.17, 15) is 9.90 Å². The maximum absolute atomic E-state index is 12.3. The molecule has 0 saturated heterocycles. The standard InChI is InChI=1S/C26H24ClN3O5/c1-16-4-5-17(2)30(16)20-6-8-21(9-7-20)34-15-22-10-11-23(35-22)26(32)29-28-14-18-12-19(27)13-24(33-3)25(18)31/h4-14,31H,15H2,1-3H3,(H,29,32)/b28-14+. The number of hydrazone groups is 1. The molecule has 8 nitrogen and oxygen atoms in total. The zero-order chi connectivity index (χ0) is 24.9. The number of benzene rings is 2. The van der Waals surface area contributed by atoms with Crippen molar-refractivity contribution in [3.8, 4) is 22.9 Å². The summed E-state index contributed by atoms with van der Waals surface area (Å²) in [4.78, 5) is 12.3. The summed E-state index contributed by atoms with van der Waals surface area (Å²) >= 11 is 5.99. The average molecular weight is 494 g/mol. The molecule has 9 heteroatoms. The number of amides is 1. The summed E-state index contributed by atoms with van der Waals surface area (Å²) in [6, 6.07) is 18.1. The summed E-state index contributed by atoms with van der Waals surface area (Å²) in [7, 11) is 1.41. The molecular weight excluding hydrogens is 470 g/mol. The first-order chi connectivity index (χ1) is 16.9. The monoisotopic (exact) mass is 493 g/mol. The predicted octanol–water partition coefficient (Wildman–Crippen LogP) is 5.40. The van der Waals surface area contributed by atoms with Crippen LogP contribution >= 0.6 is 11.6 Å². The fourth-order valence-corrected chi connectivity index (χ4v) is 3.78. The summed E-state index contributed by atoms with van der Waals surface area (Å²) in [5, 5.41) is 14.3. The minimum absolute atomic E-state index is 0.0718. The highest BCUT2D eigenvalue weighted by Crippen LogP contribution is 2.32. The molecule has 4 aromatic rings. The number of halogens is 1. The van der Waals surface area contributed by atoms with Crippen molar-refractivity contribution in [3.63, 3.8) is 0 Å². The van der Waals surface area contributed by atoms with Crippen molar-refractivity contribution in [2.45, 2.75) is 20.5 Å². The Morgan fingerprint density at radius 3 is 2.51 bits per heavy atom. The van der Waals surface area contributed by atoms with E-state index < -0.39 is 5.91 Å². The van der Waals surface area contributed by atoms with E-state index >= 15 is 0 Å². The minimum atomic E-state index is -0.553. The van der Waals surface area contributed by atoms with Crippen LogP contribution < -0.4 is 14.9 Å². The Labute approximate surface area is 207 Å². The molecule has 0 spiro atoms. The van der Waals surface area contributed by atoms with Crippen LogP contribution in [0.25, 0.3) is 5.69 Å². The maximum Gasteiger partial charge on any atom is 0.307 e. The van der Waals surface area contributed by atoms with Crippen LogP contribution in [-0.2, 0) is 6.61 Å². The summed E-state index contributed by atoms with van der Waals surface area (Å²) in [5.74, 6) is 0.743. The van der Waals surface area contributed by atoms with Gasteiger partial charge in [-0.05, 0) is 68.4 Å². The van der Waals surface area contributed by atoms with Crippen LogP contribution in [0.4, 0.5) is 0 Å². The number of methoxy groups -OCH3 is 1. The average Bonchev–Trinajstić information content (AvgIpc) is 3.46. The number of ether oxygens (including phenoxy) is 2. The van der Waals surface area contributed by atoms with Gasteiger partial charge in [0, 0.05) is 33.7 Å². The van der Waals surface area contributed by atoms with Crippen molar-refractivity contribution in [2.24, 2.45) is 5.10 Å². The molecule has 180 valence electrons. The van der Waals surface area contributed by atoms with E-state index in [1.807, 2.05) is 24.3 Å². The molecule has 4 rings (SSSR count). The first-order valence-electron chi connectivity index (χ1n) is 10.7. The largest absolute Gasteiger partial charge is 0.504 e. The van der Waals surface area contributed by atoms with Crippen LogP contribution in [0.1, 0.15) is 33.3 Å². The van der Waals surface area contributed by atoms with Crippen LogP contribution in [0, 0.1) is 13.8 Å². The summed E-state index contributed by atoms with van der Waals surface area (Å²) in [5.41, 5.74) is 6.01. The zero-order valence-electron chi connectivity index (χ0n) is 19.4. The van der Waals surface area contributed by atoms with Crippen molar-refractivity contribution in [2.75, 3.05) is 7.11 Å².